The third kappa shape index (κ3) is 6.24. The van der Waals surface area contributed by atoms with Crippen LogP contribution in [0.25, 0.3) is 0 Å². The molecular weight excluding hydrogens is 348 g/mol. The van der Waals surface area contributed by atoms with Crippen LogP contribution in [0.15, 0.2) is 71.6 Å². The topological polar surface area (TPSA) is 15.3 Å². The standard InChI is InChI=1S/C24H32N2S/c1-19(2)16-24(25-27-23-13-5-4-6-14-23)20(3)17-26-15-9-12-21-10-7-8-11-22(21)18-26/h4-8,10-11,13-14,19,24-25H,3,9,12,15-18H2,1-2H3/t24-/m0/s1. The largest absolute Gasteiger partial charge is 0.295 e. The minimum atomic E-state index is 0.328. The molecule has 3 rings (SSSR count). The Bertz CT molecular complexity index is 726. The van der Waals surface area contributed by atoms with Crippen molar-refractivity contribution in [1.82, 2.24) is 9.62 Å². The zero-order valence-electron chi connectivity index (χ0n) is 16.7. The number of rotatable bonds is 8. The maximum absolute atomic E-state index is 4.48. The van der Waals surface area contributed by atoms with E-state index in [0.29, 0.717) is 12.0 Å². The zero-order chi connectivity index (χ0) is 19.1. The fourth-order valence-corrected chi connectivity index (χ4v) is 4.53. The molecule has 3 heteroatoms. The van der Waals surface area contributed by atoms with E-state index in [4.69, 9.17) is 0 Å². The van der Waals surface area contributed by atoms with E-state index < -0.39 is 0 Å². The van der Waals surface area contributed by atoms with E-state index in [2.05, 4.69) is 84.6 Å². The second-order valence-corrected chi connectivity index (χ2v) is 8.87. The highest BCUT2D eigenvalue weighted by Gasteiger charge is 2.19. The molecule has 1 heterocycles. The summed E-state index contributed by atoms with van der Waals surface area (Å²) in [6, 6.07) is 19.8. The summed E-state index contributed by atoms with van der Waals surface area (Å²) < 4.78 is 3.68. The lowest BCUT2D eigenvalue weighted by Crippen LogP contribution is -2.34. The van der Waals surface area contributed by atoms with Crippen molar-refractivity contribution in [2.24, 2.45) is 5.92 Å². The van der Waals surface area contributed by atoms with Crippen LogP contribution in [-0.2, 0) is 13.0 Å². The minimum Gasteiger partial charge on any atom is -0.295 e. The monoisotopic (exact) mass is 380 g/mol. The Balaban J connectivity index is 1.61. The van der Waals surface area contributed by atoms with Gasteiger partial charge in [-0.1, -0.05) is 62.9 Å². The van der Waals surface area contributed by atoms with Gasteiger partial charge in [-0.2, -0.15) is 0 Å². The van der Waals surface area contributed by atoms with E-state index in [-0.39, 0.29) is 0 Å². The Morgan fingerprint density at radius 3 is 2.52 bits per heavy atom. The maximum Gasteiger partial charge on any atom is 0.0396 e. The van der Waals surface area contributed by atoms with E-state index in [1.165, 1.54) is 34.4 Å². The van der Waals surface area contributed by atoms with Gasteiger partial charge < -0.3 is 0 Å². The van der Waals surface area contributed by atoms with Crippen LogP contribution in [0.1, 0.15) is 37.8 Å². The molecule has 1 atom stereocenters. The van der Waals surface area contributed by atoms with E-state index >= 15 is 0 Å². The summed E-state index contributed by atoms with van der Waals surface area (Å²) in [5.41, 5.74) is 4.29. The molecule has 0 saturated heterocycles. The molecule has 0 radical (unpaired) electrons. The molecule has 0 aliphatic carbocycles. The summed E-state index contributed by atoms with van der Waals surface area (Å²) in [4.78, 5) is 3.82. The molecular formula is C24H32N2S. The fourth-order valence-electron chi connectivity index (χ4n) is 3.70. The van der Waals surface area contributed by atoms with Crippen LogP contribution < -0.4 is 4.72 Å². The quantitative estimate of drug-likeness (QED) is 0.467. The molecule has 0 fully saturated rings. The van der Waals surface area contributed by atoms with Crippen LogP contribution >= 0.6 is 11.9 Å². The van der Waals surface area contributed by atoms with E-state index in [1.807, 2.05) is 0 Å². The molecule has 2 aromatic carbocycles. The minimum absolute atomic E-state index is 0.328. The van der Waals surface area contributed by atoms with Gasteiger partial charge in [0.15, 0.2) is 0 Å². The highest BCUT2D eigenvalue weighted by molar-refractivity contribution is 7.97. The van der Waals surface area contributed by atoms with Crippen molar-refractivity contribution in [3.8, 4) is 0 Å². The maximum atomic E-state index is 4.48. The van der Waals surface area contributed by atoms with Gasteiger partial charge in [0.1, 0.15) is 0 Å². The van der Waals surface area contributed by atoms with Gasteiger partial charge >= 0.3 is 0 Å². The second kappa shape index (κ2) is 10.1. The lowest BCUT2D eigenvalue weighted by molar-refractivity contribution is 0.284. The average Bonchev–Trinajstić information content (AvgIpc) is 2.87. The summed E-state index contributed by atoms with van der Waals surface area (Å²) in [5.74, 6) is 0.639. The number of hydrogen-bond donors (Lipinski definition) is 1. The molecule has 0 bridgehead atoms. The van der Waals surface area contributed by atoms with Gasteiger partial charge in [0, 0.05) is 24.0 Å². The molecule has 2 nitrogen and oxygen atoms in total. The predicted octanol–water partition coefficient (Wildman–Crippen LogP) is 5.70. The van der Waals surface area contributed by atoms with Crippen molar-refractivity contribution in [1.29, 1.82) is 0 Å². The molecule has 2 aromatic rings. The summed E-state index contributed by atoms with van der Waals surface area (Å²) in [7, 11) is 0. The summed E-state index contributed by atoms with van der Waals surface area (Å²) in [6.45, 7) is 12.2. The Labute approximate surface area is 169 Å². The van der Waals surface area contributed by atoms with Crippen LogP contribution in [-0.4, -0.2) is 24.0 Å². The molecule has 0 aromatic heterocycles. The second-order valence-electron chi connectivity index (χ2n) is 7.96. The Morgan fingerprint density at radius 2 is 1.78 bits per heavy atom. The van der Waals surface area contributed by atoms with Crippen molar-refractivity contribution in [3.05, 3.63) is 77.9 Å². The van der Waals surface area contributed by atoms with Crippen molar-refractivity contribution in [2.75, 3.05) is 13.1 Å². The molecule has 0 saturated carbocycles. The molecule has 1 aliphatic rings. The number of nitrogens with zero attached hydrogens (tertiary/aromatic N) is 1. The molecule has 1 N–H and O–H groups in total. The van der Waals surface area contributed by atoms with Gasteiger partial charge in [-0.25, -0.2) is 0 Å². The van der Waals surface area contributed by atoms with Gasteiger partial charge in [-0.05, 0) is 72.5 Å². The number of fused-ring (bicyclic) bond motifs is 1. The number of hydrogen-bond acceptors (Lipinski definition) is 3. The van der Waals surface area contributed by atoms with Gasteiger partial charge in [0.05, 0.1) is 0 Å². The molecule has 0 amide bonds. The van der Waals surface area contributed by atoms with Gasteiger partial charge in [-0.3, -0.25) is 9.62 Å². The molecule has 0 spiro atoms. The normalized spacial score (nSPS) is 16.0. The Hall–Kier alpha value is -1.55. The van der Waals surface area contributed by atoms with Crippen LogP contribution in [0.4, 0.5) is 0 Å². The molecule has 27 heavy (non-hydrogen) atoms. The molecule has 144 valence electrons. The van der Waals surface area contributed by atoms with Crippen LogP contribution in [0.3, 0.4) is 0 Å². The van der Waals surface area contributed by atoms with Gasteiger partial charge in [-0.15, -0.1) is 0 Å². The van der Waals surface area contributed by atoms with E-state index in [1.54, 1.807) is 11.9 Å². The van der Waals surface area contributed by atoms with Crippen molar-refractivity contribution >= 4 is 11.9 Å². The van der Waals surface area contributed by atoms with Crippen LogP contribution in [0, 0.1) is 5.92 Å². The third-order valence-corrected chi connectivity index (χ3v) is 6.03. The lowest BCUT2D eigenvalue weighted by Gasteiger charge is -2.28. The lowest BCUT2D eigenvalue weighted by atomic mass is 9.98. The number of benzene rings is 2. The van der Waals surface area contributed by atoms with Gasteiger partial charge in [0.25, 0.3) is 0 Å². The Morgan fingerprint density at radius 1 is 1.07 bits per heavy atom. The van der Waals surface area contributed by atoms with Crippen molar-refractivity contribution in [3.63, 3.8) is 0 Å². The van der Waals surface area contributed by atoms with Crippen molar-refractivity contribution < 1.29 is 0 Å². The summed E-state index contributed by atoms with van der Waals surface area (Å²) in [6.07, 6.45) is 3.53. The SMILES string of the molecule is C=C(CN1CCCc2ccccc2C1)[C@H](CC(C)C)NSc1ccccc1. The first kappa shape index (κ1) is 20.2. The van der Waals surface area contributed by atoms with Crippen LogP contribution in [0.5, 0.6) is 0 Å². The van der Waals surface area contributed by atoms with Crippen LogP contribution in [0.2, 0.25) is 0 Å². The highest BCUT2D eigenvalue weighted by atomic mass is 32.2. The van der Waals surface area contributed by atoms with Gasteiger partial charge in [0.2, 0.25) is 0 Å². The fraction of sp³-hybridized carbons (Fsp3) is 0.417. The summed E-state index contributed by atoms with van der Waals surface area (Å²) in [5, 5.41) is 0. The first-order valence-electron chi connectivity index (χ1n) is 10.1. The van der Waals surface area contributed by atoms with E-state index in [9.17, 15) is 0 Å². The van der Waals surface area contributed by atoms with E-state index in [0.717, 1.165) is 26.1 Å². The highest BCUT2D eigenvalue weighted by Crippen LogP contribution is 2.23. The summed E-state index contributed by atoms with van der Waals surface area (Å²) >= 11 is 1.72. The number of nitrogens with one attached hydrogen (secondary N) is 1. The first-order valence-corrected chi connectivity index (χ1v) is 10.9. The first-order chi connectivity index (χ1) is 13.1. The van der Waals surface area contributed by atoms with Crippen molar-refractivity contribution in [2.45, 2.75) is 50.6 Å². The zero-order valence-corrected chi connectivity index (χ0v) is 17.5. The Kier molecular flexibility index (Phi) is 7.57. The molecule has 0 unspecified atom stereocenters. The third-order valence-electron chi connectivity index (χ3n) is 5.12. The molecule has 1 aliphatic heterocycles. The smallest absolute Gasteiger partial charge is 0.0396 e. The number of aryl methyl sites for hydroxylation is 1. The predicted molar refractivity (Wildman–Crippen MR) is 118 cm³/mol. The average molecular weight is 381 g/mol.